The molecule has 0 spiro atoms. The van der Waals surface area contributed by atoms with Gasteiger partial charge in [0.2, 0.25) is 0 Å². The first-order valence-corrected chi connectivity index (χ1v) is 6.15. The number of phenols is 1. The molecule has 5 heteroatoms. The highest BCUT2D eigenvalue weighted by molar-refractivity contribution is 6.31. The predicted molar refractivity (Wildman–Crippen MR) is 73.6 cm³/mol. The zero-order chi connectivity index (χ0) is 13.8. The molecule has 98 valence electrons. The van der Waals surface area contributed by atoms with E-state index in [-0.39, 0.29) is 11.4 Å². The highest BCUT2D eigenvalue weighted by Gasteiger charge is 2.09. The van der Waals surface area contributed by atoms with Crippen LogP contribution in [0.25, 0.3) is 0 Å². The van der Waals surface area contributed by atoms with Crippen LogP contribution in [-0.4, -0.2) is 10.0 Å². The molecule has 0 bridgehead atoms. The average Bonchev–Trinajstić information content (AvgIpc) is 2.39. The lowest BCUT2D eigenvalue weighted by Gasteiger charge is -2.05. The predicted octanol–water partition coefficient (Wildman–Crippen LogP) is 3.74. The van der Waals surface area contributed by atoms with E-state index in [4.69, 9.17) is 11.6 Å². The summed E-state index contributed by atoms with van der Waals surface area (Å²) in [6, 6.07) is 11.3. The Morgan fingerprint density at radius 2 is 1.79 bits per heavy atom. The van der Waals surface area contributed by atoms with Crippen molar-refractivity contribution in [1.82, 2.24) is 0 Å². The van der Waals surface area contributed by atoms with E-state index in [9.17, 15) is 15.2 Å². The molecule has 0 amide bonds. The molecule has 0 atom stereocenters. The number of aryl methyl sites for hydroxylation is 2. The Balaban J connectivity index is 2.12. The number of non-ortho nitro benzene ring substituents is 1. The molecule has 0 fully saturated rings. The fourth-order valence-electron chi connectivity index (χ4n) is 1.81. The standard InChI is InChI=1S/C14H12ClNO3/c15-14-8-5-12(16(18)19)9-11(14)4-1-10-2-6-13(17)7-3-10/h2-3,5-9,17H,1,4H2. The van der Waals surface area contributed by atoms with Gasteiger partial charge in [0.15, 0.2) is 0 Å². The fourth-order valence-corrected chi connectivity index (χ4v) is 2.02. The molecule has 0 aliphatic carbocycles. The van der Waals surface area contributed by atoms with Gasteiger partial charge in [0.1, 0.15) is 5.75 Å². The van der Waals surface area contributed by atoms with Crippen molar-refractivity contribution in [3.63, 3.8) is 0 Å². The van der Waals surface area contributed by atoms with Gasteiger partial charge in [-0.25, -0.2) is 0 Å². The van der Waals surface area contributed by atoms with E-state index in [1.807, 2.05) is 12.1 Å². The fraction of sp³-hybridized carbons (Fsp3) is 0.143. The highest BCUT2D eigenvalue weighted by Crippen LogP contribution is 2.23. The van der Waals surface area contributed by atoms with Gasteiger partial charge in [-0.15, -0.1) is 0 Å². The molecule has 0 heterocycles. The summed E-state index contributed by atoms with van der Waals surface area (Å²) >= 11 is 6.03. The maximum absolute atomic E-state index is 10.7. The lowest BCUT2D eigenvalue weighted by molar-refractivity contribution is -0.384. The molecular formula is C14H12ClNO3. The molecule has 0 aromatic heterocycles. The second-order valence-corrected chi connectivity index (χ2v) is 4.61. The third-order valence-corrected chi connectivity index (χ3v) is 3.23. The van der Waals surface area contributed by atoms with Gasteiger partial charge in [-0.2, -0.15) is 0 Å². The molecule has 2 aromatic rings. The number of nitro benzene ring substituents is 1. The Morgan fingerprint density at radius 1 is 1.11 bits per heavy atom. The van der Waals surface area contributed by atoms with Crippen molar-refractivity contribution in [2.24, 2.45) is 0 Å². The summed E-state index contributed by atoms with van der Waals surface area (Å²) in [5.41, 5.74) is 1.84. The van der Waals surface area contributed by atoms with E-state index < -0.39 is 4.92 Å². The molecule has 0 aliphatic rings. The number of halogens is 1. The van der Waals surface area contributed by atoms with Crippen molar-refractivity contribution in [3.8, 4) is 5.75 Å². The highest BCUT2D eigenvalue weighted by atomic mass is 35.5. The molecule has 0 aliphatic heterocycles. The molecule has 4 nitrogen and oxygen atoms in total. The number of phenolic OH excluding ortho intramolecular Hbond substituents is 1. The van der Waals surface area contributed by atoms with Gasteiger partial charge in [0.05, 0.1) is 4.92 Å². The molecule has 2 aromatic carbocycles. The van der Waals surface area contributed by atoms with Gasteiger partial charge in [-0.1, -0.05) is 23.7 Å². The lowest BCUT2D eigenvalue weighted by Crippen LogP contribution is -1.95. The Bertz CT molecular complexity index is 596. The molecule has 19 heavy (non-hydrogen) atoms. The monoisotopic (exact) mass is 277 g/mol. The van der Waals surface area contributed by atoms with E-state index in [1.165, 1.54) is 12.1 Å². The minimum Gasteiger partial charge on any atom is -0.508 e. The quantitative estimate of drug-likeness (QED) is 0.684. The number of hydrogen-bond acceptors (Lipinski definition) is 3. The third kappa shape index (κ3) is 3.45. The molecule has 1 N–H and O–H groups in total. The van der Waals surface area contributed by atoms with Crippen LogP contribution in [0.2, 0.25) is 5.02 Å². The van der Waals surface area contributed by atoms with Gasteiger partial charge in [-0.3, -0.25) is 10.1 Å². The molecule has 0 saturated heterocycles. The van der Waals surface area contributed by atoms with Crippen molar-refractivity contribution < 1.29 is 10.0 Å². The van der Waals surface area contributed by atoms with E-state index >= 15 is 0 Å². The summed E-state index contributed by atoms with van der Waals surface area (Å²) in [5.74, 6) is 0.220. The number of hydrogen-bond donors (Lipinski definition) is 1. The maximum Gasteiger partial charge on any atom is 0.269 e. The first kappa shape index (κ1) is 13.4. The van der Waals surface area contributed by atoms with Gasteiger partial charge in [-0.05, 0) is 42.2 Å². The van der Waals surface area contributed by atoms with Gasteiger partial charge >= 0.3 is 0 Å². The second-order valence-electron chi connectivity index (χ2n) is 4.20. The second kappa shape index (κ2) is 5.71. The number of aromatic hydroxyl groups is 1. The van der Waals surface area contributed by atoms with E-state index in [1.54, 1.807) is 18.2 Å². The van der Waals surface area contributed by atoms with E-state index in [2.05, 4.69) is 0 Å². The topological polar surface area (TPSA) is 63.4 Å². The zero-order valence-electron chi connectivity index (χ0n) is 10.0. The smallest absolute Gasteiger partial charge is 0.269 e. The van der Waals surface area contributed by atoms with Crippen LogP contribution in [0.4, 0.5) is 5.69 Å². The summed E-state index contributed by atoms with van der Waals surface area (Å²) in [5, 5.41) is 20.4. The van der Waals surface area contributed by atoms with Gasteiger partial charge in [0.25, 0.3) is 5.69 Å². The Labute approximate surface area is 115 Å². The van der Waals surface area contributed by atoms with Crippen molar-refractivity contribution in [2.45, 2.75) is 12.8 Å². The zero-order valence-corrected chi connectivity index (χ0v) is 10.8. The SMILES string of the molecule is O=[N+]([O-])c1ccc(Cl)c(CCc2ccc(O)cc2)c1. The van der Waals surface area contributed by atoms with Gasteiger partial charge in [0, 0.05) is 17.2 Å². The van der Waals surface area contributed by atoms with Crippen LogP contribution in [0.1, 0.15) is 11.1 Å². The first-order chi connectivity index (χ1) is 9.06. The van der Waals surface area contributed by atoms with Crippen molar-refractivity contribution in [2.75, 3.05) is 0 Å². The molecule has 0 radical (unpaired) electrons. The lowest BCUT2D eigenvalue weighted by atomic mass is 10.0. The Morgan fingerprint density at radius 3 is 2.42 bits per heavy atom. The summed E-state index contributed by atoms with van der Waals surface area (Å²) < 4.78 is 0. The number of benzene rings is 2. The largest absolute Gasteiger partial charge is 0.508 e. The van der Waals surface area contributed by atoms with Crippen LogP contribution in [0.15, 0.2) is 42.5 Å². The number of rotatable bonds is 4. The van der Waals surface area contributed by atoms with Crippen molar-refractivity contribution in [1.29, 1.82) is 0 Å². The summed E-state index contributed by atoms with van der Waals surface area (Å²) in [4.78, 5) is 10.3. The van der Waals surface area contributed by atoms with E-state index in [0.29, 0.717) is 17.9 Å². The van der Waals surface area contributed by atoms with Gasteiger partial charge < -0.3 is 5.11 Å². The van der Waals surface area contributed by atoms with Crippen molar-refractivity contribution in [3.05, 3.63) is 68.7 Å². The van der Waals surface area contributed by atoms with Crippen LogP contribution in [-0.2, 0) is 12.8 Å². The third-order valence-electron chi connectivity index (χ3n) is 2.86. The molecule has 0 unspecified atom stereocenters. The van der Waals surface area contributed by atoms with Crippen LogP contribution in [0.3, 0.4) is 0 Å². The van der Waals surface area contributed by atoms with E-state index in [0.717, 1.165) is 11.1 Å². The Kier molecular flexibility index (Phi) is 4.02. The van der Waals surface area contributed by atoms with Crippen LogP contribution >= 0.6 is 11.6 Å². The minimum atomic E-state index is -0.430. The van der Waals surface area contributed by atoms with Crippen LogP contribution < -0.4 is 0 Å². The minimum absolute atomic E-state index is 0.0464. The Hall–Kier alpha value is -2.07. The van der Waals surface area contributed by atoms with Crippen molar-refractivity contribution >= 4 is 17.3 Å². The maximum atomic E-state index is 10.7. The van der Waals surface area contributed by atoms with Crippen LogP contribution in [0.5, 0.6) is 5.75 Å². The summed E-state index contributed by atoms with van der Waals surface area (Å²) in [6.07, 6.45) is 1.33. The normalized spacial score (nSPS) is 10.4. The summed E-state index contributed by atoms with van der Waals surface area (Å²) in [6.45, 7) is 0. The molecule has 0 saturated carbocycles. The number of nitrogens with zero attached hydrogens (tertiary/aromatic N) is 1. The average molecular weight is 278 g/mol. The molecule has 2 rings (SSSR count). The molecular weight excluding hydrogens is 266 g/mol. The summed E-state index contributed by atoms with van der Waals surface area (Å²) in [7, 11) is 0. The number of nitro groups is 1. The first-order valence-electron chi connectivity index (χ1n) is 5.77. The van der Waals surface area contributed by atoms with Crippen LogP contribution in [0, 0.1) is 10.1 Å².